The van der Waals surface area contributed by atoms with Gasteiger partial charge in [-0.15, -0.1) is 5.10 Å². The van der Waals surface area contributed by atoms with Crippen LogP contribution in [-0.4, -0.2) is 59.3 Å². The van der Waals surface area contributed by atoms with Gasteiger partial charge in [0.1, 0.15) is 29.8 Å². The molecular weight excluding hydrogens is 441 g/mol. The second-order valence-corrected chi connectivity index (χ2v) is 7.92. The molecule has 2 N–H and O–H groups in total. The highest BCUT2D eigenvalue weighted by Gasteiger charge is 2.36. The topological polar surface area (TPSA) is 95.4 Å². The van der Waals surface area contributed by atoms with E-state index in [2.05, 4.69) is 39.5 Å². The lowest BCUT2D eigenvalue weighted by Gasteiger charge is -2.23. The van der Waals surface area contributed by atoms with Gasteiger partial charge in [0.05, 0.1) is 18.3 Å². The highest BCUT2D eigenvalue weighted by atomic mass is 19.4. The van der Waals surface area contributed by atoms with Crippen molar-refractivity contribution in [1.82, 2.24) is 19.7 Å². The Labute approximate surface area is 191 Å². The van der Waals surface area contributed by atoms with Gasteiger partial charge in [-0.25, -0.2) is 4.98 Å². The van der Waals surface area contributed by atoms with Gasteiger partial charge in [0.25, 0.3) is 5.88 Å². The number of alkyl halides is 3. The fourth-order valence-electron chi connectivity index (χ4n) is 3.50. The molecule has 0 amide bonds. The van der Waals surface area contributed by atoms with Gasteiger partial charge in [-0.1, -0.05) is 20.3 Å². The first-order chi connectivity index (χ1) is 15.8. The van der Waals surface area contributed by atoms with Gasteiger partial charge in [0.15, 0.2) is 0 Å². The van der Waals surface area contributed by atoms with Gasteiger partial charge in [0, 0.05) is 26.5 Å². The lowest BCUT2D eigenvalue weighted by molar-refractivity contribution is -0.137. The zero-order valence-corrected chi connectivity index (χ0v) is 19.3. The van der Waals surface area contributed by atoms with E-state index in [1.165, 1.54) is 13.5 Å². The monoisotopic (exact) mass is 472 g/mol. The van der Waals surface area contributed by atoms with E-state index in [-0.39, 0.29) is 31.0 Å². The summed E-state index contributed by atoms with van der Waals surface area (Å²) < 4.78 is 58.7. The van der Waals surface area contributed by atoms with E-state index in [1.807, 2.05) is 11.6 Å². The first-order valence-electron chi connectivity index (χ1n) is 11.1. The average Bonchev–Trinajstić information content (AvgIpc) is 3.08. The van der Waals surface area contributed by atoms with Crippen molar-refractivity contribution < 1.29 is 27.4 Å². The van der Waals surface area contributed by atoms with Crippen molar-refractivity contribution in [3.8, 4) is 5.88 Å². The molecule has 2 aliphatic heterocycles. The smallest absolute Gasteiger partial charge is 0.421 e. The zero-order valence-electron chi connectivity index (χ0n) is 19.3. The number of ether oxygens (including phenoxy) is 3. The Morgan fingerprint density at radius 1 is 1.27 bits per heavy atom. The molecule has 2 atom stereocenters. The molecule has 2 aromatic rings. The van der Waals surface area contributed by atoms with Crippen molar-refractivity contribution in [2.45, 2.75) is 58.4 Å². The average molecular weight is 473 g/mol. The van der Waals surface area contributed by atoms with Crippen molar-refractivity contribution >= 4 is 17.5 Å². The summed E-state index contributed by atoms with van der Waals surface area (Å²) in [4.78, 5) is 7.90. The van der Waals surface area contributed by atoms with Gasteiger partial charge >= 0.3 is 6.18 Å². The fourth-order valence-corrected chi connectivity index (χ4v) is 3.50. The Balaban J connectivity index is 0.000000968. The molecule has 0 aliphatic carbocycles. The van der Waals surface area contributed by atoms with E-state index in [0.29, 0.717) is 18.2 Å². The summed E-state index contributed by atoms with van der Waals surface area (Å²) in [5.74, 6) is -0.00272. The van der Waals surface area contributed by atoms with Crippen LogP contribution in [0.5, 0.6) is 5.88 Å². The standard InChI is InChI=1S/C18H23F3N6O3.C3H8/c1-10-14-16(26-27(10)11-4-3-5-29-8-11)30-9-12(28-2)6-22-15-13(18(19,20)21)7-23-17(24-14)25-15;1-3-2/h7,11-12H,3-6,8-9H2,1-2H3,(H2,22,23,24,25);3H2,1-2H3. The molecule has 9 nitrogen and oxygen atoms in total. The number of nitrogens with one attached hydrogen (secondary N) is 2. The largest absolute Gasteiger partial charge is 0.472 e. The van der Waals surface area contributed by atoms with Crippen LogP contribution in [0.3, 0.4) is 0 Å². The Morgan fingerprint density at radius 3 is 2.67 bits per heavy atom. The molecule has 1 saturated heterocycles. The van der Waals surface area contributed by atoms with E-state index in [1.54, 1.807) is 0 Å². The van der Waals surface area contributed by atoms with Crippen molar-refractivity contribution in [2.75, 3.05) is 44.1 Å². The number of methoxy groups -OCH3 is 1. The molecule has 4 heterocycles. The van der Waals surface area contributed by atoms with Crippen LogP contribution >= 0.6 is 0 Å². The van der Waals surface area contributed by atoms with Gasteiger partial charge in [-0.05, 0) is 19.8 Å². The molecule has 2 unspecified atom stereocenters. The van der Waals surface area contributed by atoms with E-state index >= 15 is 0 Å². The van der Waals surface area contributed by atoms with Crippen molar-refractivity contribution in [2.24, 2.45) is 0 Å². The maximum Gasteiger partial charge on any atom is 0.421 e. The molecule has 184 valence electrons. The zero-order chi connectivity index (χ0) is 24.0. The number of nitrogens with zero attached hydrogens (tertiary/aromatic N) is 4. The van der Waals surface area contributed by atoms with Crippen LogP contribution in [0.15, 0.2) is 6.20 Å². The third kappa shape index (κ3) is 6.05. The lowest BCUT2D eigenvalue weighted by Crippen LogP contribution is -2.29. The quantitative estimate of drug-likeness (QED) is 0.667. The first-order valence-corrected chi connectivity index (χ1v) is 11.1. The lowest BCUT2D eigenvalue weighted by atomic mass is 10.1. The molecule has 12 heteroatoms. The van der Waals surface area contributed by atoms with Crippen molar-refractivity contribution in [1.29, 1.82) is 0 Å². The van der Waals surface area contributed by atoms with E-state index in [9.17, 15) is 13.2 Å². The van der Waals surface area contributed by atoms with E-state index in [0.717, 1.165) is 31.3 Å². The van der Waals surface area contributed by atoms with Crippen LogP contribution in [0.4, 0.5) is 30.6 Å². The molecule has 0 radical (unpaired) electrons. The second kappa shape index (κ2) is 11.0. The Kier molecular flexibility index (Phi) is 8.35. The Morgan fingerprint density at radius 2 is 2.03 bits per heavy atom. The highest BCUT2D eigenvalue weighted by Crippen LogP contribution is 2.37. The number of hydrogen-bond acceptors (Lipinski definition) is 8. The predicted octanol–water partition coefficient (Wildman–Crippen LogP) is 4.33. The third-order valence-corrected chi connectivity index (χ3v) is 5.17. The van der Waals surface area contributed by atoms with Crippen molar-refractivity contribution in [3.05, 3.63) is 17.5 Å². The predicted molar refractivity (Wildman–Crippen MR) is 117 cm³/mol. The van der Waals surface area contributed by atoms with Crippen LogP contribution in [0, 0.1) is 6.92 Å². The molecular formula is C21H31F3N6O3. The minimum absolute atomic E-state index is 0.00811. The summed E-state index contributed by atoms with van der Waals surface area (Å²) in [7, 11) is 1.47. The summed E-state index contributed by atoms with van der Waals surface area (Å²) in [6.07, 6.45) is -1.27. The number of halogens is 3. The molecule has 2 bridgehead atoms. The van der Waals surface area contributed by atoms with Gasteiger partial charge in [-0.2, -0.15) is 18.2 Å². The maximum atomic E-state index is 13.4. The summed E-state index contributed by atoms with van der Waals surface area (Å²) in [6, 6.07) is 0.0496. The number of aromatic nitrogens is 4. The molecule has 4 rings (SSSR count). The minimum atomic E-state index is -4.59. The van der Waals surface area contributed by atoms with Crippen LogP contribution in [0.1, 0.15) is 50.4 Å². The summed E-state index contributed by atoms with van der Waals surface area (Å²) >= 11 is 0. The van der Waals surface area contributed by atoms with Crippen LogP contribution < -0.4 is 15.4 Å². The second-order valence-electron chi connectivity index (χ2n) is 7.92. The molecule has 33 heavy (non-hydrogen) atoms. The molecule has 0 aromatic carbocycles. The molecule has 2 aromatic heterocycles. The normalized spacial score (nSPS) is 20.7. The van der Waals surface area contributed by atoms with E-state index in [4.69, 9.17) is 14.2 Å². The third-order valence-electron chi connectivity index (χ3n) is 5.17. The number of fused-ring (bicyclic) bond motifs is 3. The number of rotatable bonds is 2. The van der Waals surface area contributed by atoms with Crippen LogP contribution in [0.25, 0.3) is 0 Å². The Hall–Kier alpha value is -2.60. The van der Waals surface area contributed by atoms with Crippen molar-refractivity contribution in [3.63, 3.8) is 0 Å². The highest BCUT2D eigenvalue weighted by molar-refractivity contribution is 5.64. The fraction of sp³-hybridized carbons (Fsp3) is 0.667. The SMILES string of the molecule is CCC.COC1CNc2nc(ncc2C(F)(F)F)Nc2c(nn(C3CCCOC3)c2C)OC1. The summed E-state index contributed by atoms with van der Waals surface area (Å²) in [5.41, 5.74) is 0.310. The van der Waals surface area contributed by atoms with Crippen LogP contribution in [-0.2, 0) is 15.7 Å². The molecule has 2 aliphatic rings. The molecule has 0 spiro atoms. The van der Waals surface area contributed by atoms with Gasteiger partial charge in [0.2, 0.25) is 5.95 Å². The molecule has 1 fully saturated rings. The van der Waals surface area contributed by atoms with Gasteiger partial charge < -0.3 is 24.8 Å². The first kappa shape index (κ1) is 25.0. The number of hydrogen-bond donors (Lipinski definition) is 2. The minimum Gasteiger partial charge on any atom is -0.472 e. The maximum absolute atomic E-state index is 13.4. The van der Waals surface area contributed by atoms with Crippen LogP contribution in [0.2, 0.25) is 0 Å². The molecule has 0 saturated carbocycles. The Bertz CT molecular complexity index is 915. The number of anilines is 3. The van der Waals surface area contributed by atoms with Gasteiger partial charge in [-0.3, -0.25) is 4.68 Å². The summed E-state index contributed by atoms with van der Waals surface area (Å²) in [5, 5.41) is 10.3. The summed E-state index contributed by atoms with van der Waals surface area (Å²) in [6.45, 7) is 7.53. The van der Waals surface area contributed by atoms with E-state index < -0.39 is 17.8 Å².